The van der Waals surface area contributed by atoms with Crippen molar-refractivity contribution < 1.29 is 14.5 Å². The molecule has 0 saturated carbocycles. The van der Waals surface area contributed by atoms with Crippen LogP contribution in [0.4, 0.5) is 11.6 Å². The summed E-state index contributed by atoms with van der Waals surface area (Å²) < 4.78 is 7.37. The van der Waals surface area contributed by atoms with Gasteiger partial charge in [0.15, 0.2) is 0 Å². The van der Waals surface area contributed by atoms with E-state index in [0.29, 0.717) is 17.9 Å². The monoisotopic (exact) mass is 469 g/mol. The lowest BCUT2D eigenvalue weighted by Crippen LogP contribution is -2.42. The number of hydrogen-bond acceptors (Lipinski definition) is 6. The molecule has 3 aromatic carbocycles. The quantitative estimate of drug-likeness (QED) is 0.305. The standard InChI is InChI=1S/C26H23N5O4/c1-17-7-9-18(10-8-17)22-15-23(21-5-3-4-6-24(21)35-2)30-26(27-16-28-30)29(22)25(32)19-11-13-20(14-12-19)31(33)34/h3-14,16,22-23H,15H2,1-2H3/t22-,23-/m0/s1. The maximum atomic E-state index is 13.8. The fourth-order valence-electron chi connectivity index (χ4n) is 4.56. The summed E-state index contributed by atoms with van der Waals surface area (Å²) in [6.45, 7) is 2.01. The highest BCUT2D eigenvalue weighted by Crippen LogP contribution is 2.44. The van der Waals surface area contributed by atoms with E-state index < -0.39 is 4.92 Å². The van der Waals surface area contributed by atoms with Crippen LogP contribution in [0.1, 0.15) is 45.6 Å². The molecule has 5 rings (SSSR count). The molecule has 0 spiro atoms. The molecule has 1 amide bonds. The molecule has 0 N–H and O–H groups in total. The average Bonchev–Trinajstić information content (AvgIpc) is 3.38. The molecule has 0 aliphatic carbocycles. The highest BCUT2D eigenvalue weighted by Gasteiger charge is 2.40. The zero-order valence-electron chi connectivity index (χ0n) is 19.2. The number of nitro groups is 1. The average molecular weight is 470 g/mol. The number of nitrogens with zero attached hydrogens (tertiary/aromatic N) is 5. The maximum absolute atomic E-state index is 13.8. The zero-order chi connectivity index (χ0) is 24.5. The van der Waals surface area contributed by atoms with E-state index in [2.05, 4.69) is 10.1 Å². The van der Waals surface area contributed by atoms with E-state index in [0.717, 1.165) is 22.4 Å². The Morgan fingerprint density at radius 2 is 1.74 bits per heavy atom. The van der Waals surface area contributed by atoms with Gasteiger partial charge in [-0.15, -0.1) is 0 Å². The van der Waals surface area contributed by atoms with Crippen LogP contribution in [0.5, 0.6) is 5.75 Å². The number of amides is 1. The molecule has 35 heavy (non-hydrogen) atoms. The van der Waals surface area contributed by atoms with Crippen LogP contribution in [-0.2, 0) is 0 Å². The van der Waals surface area contributed by atoms with Gasteiger partial charge in [0.25, 0.3) is 11.6 Å². The van der Waals surface area contributed by atoms with Crippen molar-refractivity contribution in [2.75, 3.05) is 12.0 Å². The Hall–Kier alpha value is -4.53. The van der Waals surface area contributed by atoms with Gasteiger partial charge in [-0.2, -0.15) is 10.1 Å². The third kappa shape index (κ3) is 4.01. The van der Waals surface area contributed by atoms with Crippen molar-refractivity contribution in [2.24, 2.45) is 0 Å². The summed E-state index contributed by atoms with van der Waals surface area (Å²) in [6, 6.07) is 20.9. The minimum atomic E-state index is -0.487. The molecule has 2 atom stereocenters. The van der Waals surface area contributed by atoms with E-state index in [1.165, 1.54) is 30.6 Å². The summed E-state index contributed by atoms with van der Waals surface area (Å²) in [4.78, 5) is 30.5. The summed E-state index contributed by atoms with van der Waals surface area (Å²) >= 11 is 0. The number of ether oxygens (including phenoxy) is 1. The van der Waals surface area contributed by atoms with E-state index in [9.17, 15) is 14.9 Å². The van der Waals surface area contributed by atoms with Gasteiger partial charge in [0.05, 0.1) is 24.1 Å². The van der Waals surface area contributed by atoms with Crippen LogP contribution in [0.2, 0.25) is 0 Å². The van der Waals surface area contributed by atoms with Crippen LogP contribution < -0.4 is 9.64 Å². The first-order chi connectivity index (χ1) is 17.0. The molecule has 2 heterocycles. The molecule has 9 nitrogen and oxygen atoms in total. The second kappa shape index (κ2) is 9.02. The van der Waals surface area contributed by atoms with E-state index >= 15 is 0 Å². The molecular weight excluding hydrogens is 446 g/mol. The first-order valence-corrected chi connectivity index (χ1v) is 11.1. The number of carbonyl (C=O) groups excluding carboxylic acids is 1. The first-order valence-electron chi connectivity index (χ1n) is 11.1. The lowest BCUT2D eigenvalue weighted by atomic mass is 9.90. The van der Waals surface area contributed by atoms with Crippen LogP contribution >= 0.6 is 0 Å². The summed E-state index contributed by atoms with van der Waals surface area (Å²) in [6.07, 6.45) is 1.98. The normalized spacial score (nSPS) is 17.0. The van der Waals surface area contributed by atoms with Crippen molar-refractivity contribution in [1.82, 2.24) is 14.8 Å². The largest absolute Gasteiger partial charge is 0.496 e. The number of nitro benzene ring substituents is 1. The molecule has 0 radical (unpaired) electrons. The van der Waals surface area contributed by atoms with E-state index in [-0.39, 0.29) is 23.7 Å². The molecular formula is C26H23N5O4. The Balaban J connectivity index is 1.64. The van der Waals surface area contributed by atoms with Crippen molar-refractivity contribution in [3.05, 3.63) is 111 Å². The summed E-state index contributed by atoms with van der Waals surface area (Å²) in [7, 11) is 1.63. The molecule has 1 aromatic heterocycles. The number of aryl methyl sites for hydroxylation is 1. The third-order valence-electron chi connectivity index (χ3n) is 6.33. The van der Waals surface area contributed by atoms with Gasteiger partial charge < -0.3 is 4.74 Å². The molecule has 4 aromatic rings. The molecule has 9 heteroatoms. The second-order valence-electron chi connectivity index (χ2n) is 8.40. The molecule has 0 unspecified atom stereocenters. The fourth-order valence-corrected chi connectivity index (χ4v) is 4.56. The smallest absolute Gasteiger partial charge is 0.269 e. The third-order valence-corrected chi connectivity index (χ3v) is 6.33. The van der Waals surface area contributed by atoms with Crippen LogP contribution in [0, 0.1) is 17.0 Å². The number of rotatable bonds is 5. The second-order valence-corrected chi connectivity index (χ2v) is 8.40. The van der Waals surface area contributed by atoms with Crippen LogP contribution in [0.3, 0.4) is 0 Å². The van der Waals surface area contributed by atoms with Crippen LogP contribution in [0.15, 0.2) is 79.1 Å². The number of para-hydroxylation sites is 1. The van der Waals surface area contributed by atoms with Gasteiger partial charge in [0.2, 0.25) is 5.95 Å². The van der Waals surface area contributed by atoms with E-state index in [1.54, 1.807) is 16.7 Å². The van der Waals surface area contributed by atoms with Crippen LogP contribution in [-0.4, -0.2) is 32.7 Å². The van der Waals surface area contributed by atoms with Crippen LogP contribution in [0.25, 0.3) is 0 Å². The number of anilines is 1. The number of carbonyl (C=O) groups is 1. The summed E-state index contributed by atoms with van der Waals surface area (Å²) in [5.41, 5.74) is 3.27. The Labute approximate surface area is 201 Å². The molecule has 1 aliphatic heterocycles. The number of benzene rings is 3. The van der Waals surface area contributed by atoms with Gasteiger partial charge >= 0.3 is 0 Å². The lowest BCUT2D eigenvalue weighted by Gasteiger charge is -2.39. The fraction of sp³-hybridized carbons (Fsp3) is 0.192. The van der Waals surface area contributed by atoms with E-state index in [4.69, 9.17) is 4.74 Å². The van der Waals surface area contributed by atoms with Gasteiger partial charge in [0, 0.05) is 23.3 Å². The summed E-state index contributed by atoms with van der Waals surface area (Å²) in [5.74, 6) is 0.830. The minimum absolute atomic E-state index is 0.0744. The maximum Gasteiger partial charge on any atom is 0.269 e. The van der Waals surface area contributed by atoms with Crippen molar-refractivity contribution >= 4 is 17.5 Å². The Bertz CT molecular complexity index is 1380. The van der Waals surface area contributed by atoms with Crippen molar-refractivity contribution in [1.29, 1.82) is 0 Å². The minimum Gasteiger partial charge on any atom is -0.496 e. The van der Waals surface area contributed by atoms with Gasteiger partial charge in [-0.05, 0) is 37.1 Å². The number of methoxy groups -OCH3 is 1. The molecule has 1 aliphatic rings. The van der Waals surface area contributed by atoms with Crippen molar-refractivity contribution in [2.45, 2.75) is 25.4 Å². The molecule has 0 bridgehead atoms. The number of non-ortho nitro benzene ring substituents is 1. The topological polar surface area (TPSA) is 103 Å². The SMILES string of the molecule is COc1ccccc1[C@@H]1C[C@@H](c2ccc(C)cc2)N(C(=O)c2ccc([N+](=O)[O-])cc2)c2ncnn21. The molecule has 0 saturated heterocycles. The Morgan fingerprint density at radius 3 is 2.43 bits per heavy atom. The van der Waals surface area contributed by atoms with Crippen molar-refractivity contribution in [3.8, 4) is 5.75 Å². The molecule has 0 fully saturated rings. The summed E-state index contributed by atoms with van der Waals surface area (Å²) in [5, 5.41) is 15.5. The zero-order valence-corrected chi connectivity index (χ0v) is 19.2. The predicted octanol–water partition coefficient (Wildman–Crippen LogP) is 4.88. The van der Waals surface area contributed by atoms with Crippen molar-refractivity contribution in [3.63, 3.8) is 0 Å². The van der Waals surface area contributed by atoms with Gasteiger partial charge in [-0.25, -0.2) is 4.68 Å². The first kappa shape index (κ1) is 22.3. The molecule has 176 valence electrons. The van der Waals surface area contributed by atoms with E-state index in [1.807, 2.05) is 55.5 Å². The van der Waals surface area contributed by atoms with Gasteiger partial charge in [-0.3, -0.25) is 19.8 Å². The number of hydrogen-bond donors (Lipinski definition) is 0. The van der Waals surface area contributed by atoms with Gasteiger partial charge in [-0.1, -0.05) is 48.0 Å². The number of fused-ring (bicyclic) bond motifs is 1. The Kier molecular flexibility index (Phi) is 5.74. The number of aromatic nitrogens is 3. The lowest BCUT2D eigenvalue weighted by molar-refractivity contribution is -0.384. The predicted molar refractivity (Wildman–Crippen MR) is 130 cm³/mol. The highest BCUT2D eigenvalue weighted by molar-refractivity contribution is 6.06. The Morgan fingerprint density at radius 1 is 1.03 bits per heavy atom. The highest BCUT2D eigenvalue weighted by atomic mass is 16.6. The van der Waals surface area contributed by atoms with Gasteiger partial charge in [0.1, 0.15) is 12.1 Å².